The van der Waals surface area contributed by atoms with Crippen molar-refractivity contribution in [3.05, 3.63) is 77.6 Å². The summed E-state index contributed by atoms with van der Waals surface area (Å²) in [5.74, 6) is 0.608. The van der Waals surface area contributed by atoms with Crippen molar-refractivity contribution >= 4 is 23.2 Å². The fraction of sp³-hybridized carbons (Fsp3) is 0.304. The molecule has 0 bridgehead atoms. The minimum atomic E-state index is -0.240. The highest BCUT2D eigenvalue weighted by Gasteiger charge is 2.09. The smallest absolute Gasteiger partial charge is 0.124 e. The number of halogens is 2. The molecule has 5 heteroatoms. The van der Waals surface area contributed by atoms with Crippen LogP contribution in [0.2, 0.25) is 0 Å². The molecule has 3 aromatic carbocycles. The molecule has 3 nitrogen and oxygen atoms in total. The van der Waals surface area contributed by atoms with Crippen LogP contribution >= 0.6 is 12.4 Å². The Kier molecular flexibility index (Phi) is 9.21. The quantitative estimate of drug-likeness (QED) is 0.455. The summed E-state index contributed by atoms with van der Waals surface area (Å²) in [7, 11) is 0. The first-order chi connectivity index (χ1) is 13.3. The topological polar surface area (TPSA) is 41.5 Å². The van der Waals surface area contributed by atoms with E-state index in [1.54, 1.807) is 12.1 Å². The molecule has 3 rings (SSSR count). The van der Waals surface area contributed by atoms with Crippen LogP contribution in [0.15, 0.2) is 60.7 Å². The van der Waals surface area contributed by atoms with E-state index in [1.165, 1.54) is 22.9 Å². The van der Waals surface area contributed by atoms with Crippen LogP contribution in [0, 0.1) is 5.82 Å². The first-order valence-corrected chi connectivity index (χ1v) is 9.47. The molecule has 2 N–H and O–H groups in total. The number of benzene rings is 3. The fourth-order valence-electron chi connectivity index (χ4n) is 3.13. The second kappa shape index (κ2) is 11.6. The number of hydrogen-bond acceptors (Lipinski definition) is 3. The van der Waals surface area contributed by atoms with Gasteiger partial charge in [-0.2, -0.15) is 0 Å². The summed E-state index contributed by atoms with van der Waals surface area (Å²) in [5, 5.41) is 14.7. The summed E-state index contributed by atoms with van der Waals surface area (Å²) in [6, 6.07) is 18.8. The second-order valence-corrected chi connectivity index (χ2v) is 6.64. The van der Waals surface area contributed by atoms with Gasteiger partial charge in [0.1, 0.15) is 18.2 Å². The van der Waals surface area contributed by atoms with E-state index in [9.17, 15) is 4.39 Å². The molecule has 0 amide bonds. The van der Waals surface area contributed by atoms with Gasteiger partial charge in [-0.25, -0.2) is 4.39 Å². The molecule has 0 atom stereocenters. The zero-order valence-electron chi connectivity index (χ0n) is 15.9. The van der Waals surface area contributed by atoms with Gasteiger partial charge in [0.2, 0.25) is 0 Å². The van der Waals surface area contributed by atoms with E-state index in [0.717, 1.165) is 49.2 Å². The zero-order chi connectivity index (χ0) is 18.9. The Balaban J connectivity index is 0.00000280. The number of aliphatic hydroxyl groups excluding tert-OH is 1. The molecule has 0 unspecified atom stereocenters. The Morgan fingerprint density at radius 1 is 0.893 bits per heavy atom. The lowest BCUT2D eigenvalue weighted by atomic mass is 10.0. The van der Waals surface area contributed by atoms with E-state index in [4.69, 9.17) is 9.84 Å². The lowest BCUT2D eigenvalue weighted by Crippen LogP contribution is -2.16. The average Bonchev–Trinajstić information content (AvgIpc) is 2.70. The van der Waals surface area contributed by atoms with E-state index in [0.29, 0.717) is 6.61 Å². The fourth-order valence-corrected chi connectivity index (χ4v) is 3.13. The number of unbranched alkanes of at least 4 members (excludes halogenated alkanes) is 2. The van der Waals surface area contributed by atoms with Gasteiger partial charge < -0.3 is 15.2 Å². The molecule has 150 valence electrons. The zero-order valence-corrected chi connectivity index (χ0v) is 16.7. The van der Waals surface area contributed by atoms with Crippen molar-refractivity contribution in [2.45, 2.75) is 32.4 Å². The third kappa shape index (κ3) is 6.20. The maximum absolute atomic E-state index is 13.1. The molecule has 0 radical (unpaired) electrons. The van der Waals surface area contributed by atoms with Crippen molar-refractivity contribution in [3.63, 3.8) is 0 Å². The van der Waals surface area contributed by atoms with E-state index < -0.39 is 0 Å². The Hall–Kier alpha value is -2.14. The summed E-state index contributed by atoms with van der Waals surface area (Å²) in [4.78, 5) is 0. The van der Waals surface area contributed by atoms with E-state index in [1.807, 2.05) is 18.2 Å². The molecule has 3 aromatic rings. The van der Waals surface area contributed by atoms with Crippen LogP contribution in [0.1, 0.15) is 30.4 Å². The predicted molar refractivity (Wildman–Crippen MR) is 115 cm³/mol. The number of aliphatic hydroxyl groups is 1. The van der Waals surface area contributed by atoms with Gasteiger partial charge in [0.25, 0.3) is 0 Å². The minimum Gasteiger partial charge on any atom is -0.489 e. The molecule has 0 heterocycles. The van der Waals surface area contributed by atoms with Gasteiger partial charge in [0.15, 0.2) is 0 Å². The van der Waals surface area contributed by atoms with E-state index >= 15 is 0 Å². The van der Waals surface area contributed by atoms with E-state index in [2.05, 4.69) is 23.5 Å². The van der Waals surface area contributed by atoms with Gasteiger partial charge in [-0.3, -0.25) is 0 Å². The van der Waals surface area contributed by atoms with Crippen molar-refractivity contribution in [1.82, 2.24) is 5.32 Å². The minimum absolute atomic E-state index is 0. The molecule has 0 aliphatic rings. The van der Waals surface area contributed by atoms with Gasteiger partial charge >= 0.3 is 0 Å². The Bertz CT molecular complexity index is 855. The van der Waals surface area contributed by atoms with Gasteiger partial charge in [0.05, 0.1) is 0 Å². The summed E-state index contributed by atoms with van der Waals surface area (Å²) in [5.41, 5.74) is 2.07. The highest BCUT2D eigenvalue weighted by atomic mass is 35.5. The molecule has 0 saturated heterocycles. The van der Waals surface area contributed by atoms with Gasteiger partial charge in [-0.1, -0.05) is 42.5 Å². The molecule has 0 aliphatic carbocycles. The SMILES string of the molecule is Cl.OCCCCCNCc1c(OCc2ccc(F)cc2)ccc2ccccc12. The van der Waals surface area contributed by atoms with Crippen molar-refractivity contribution in [2.24, 2.45) is 0 Å². The Morgan fingerprint density at radius 2 is 1.68 bits per heavy atom. The van der Waals surface area contributed by atoms with Crippen LogP contribution in [-0.2, 0) is 13.2 Å². The Morgan fingerprint density at radius 3 is 2.46 bits per heavy atom. The molecule has 28 heavy (non-hydrogen) atoms. The van der Waals surface area contributed by atoms with Crippen LogP contribution in [-0.4, -0.2) is 18.3 Å². The Labute approximate surface area is 172 Å². The van der Waals surface area contributed by atoms with E-state index in [-0.39, 0.29) is 24.8 Å². The summed E-state index contributed by atoms with van der Waals surface area (Å²) >= 11 is 0. The normalized spacial score (nSPS) is 10.6. The monoisotopic (exact) mass is 403 g/mol. The number of fused-ring (bicyclic) bond motifs is 1. The van der Waals surface area contributed by atoms with Gasteiger partial charge in [-0.15, -0.1) is 12.4 Å². The number of nitrogens with one attached hydrogen (secondary N) is 1. The van der Waals surface area contributed by atoms with Crippen LogP contribution < -0.4 is 10.1 Å². The molecular weight excluding hydrogens is 377 g/mol. The number of rotatable bonds is 10. The lowest BCUT2D eigenvalue weighted by molar-refractivity contribution is 0.282. The summed E-state index contributed by atoms with van der Waals surface area (Å²) in [6.07, 6.45) is 2.91. The van der Waals surface area contributed by atoms with Crippen LogP contribution in [0.3, 0.4) is 0 Å². The van der Waals surface area contributed by atoms with Crippen molar-refractivity contribution in [2.75, 3.05) is 13.2 Å². The predicted octanol–water partition coefficient (Wildman–Crippen LogP) is 5.23. The van der Waals surface area contributed by atoms with Crippen molar-refractivity contribution in [1.29, 1.82) is 0 Å². The standard InChI is InChI=1S/C23H26FNO2.ClH/c24-20-11-8-18(9-12-20)17-27-23-13-10-19-6-2-3-7-21(19)22(23)16-25-14-4-1-5-15-26;/h2-3,6-13,25-26H,1,4-5,14-17H2;1H. The highest BCUT2D eigenvalue weighted by molar-refractivity contribution is 5.87. The summed E-state index contributed by atoms with van der Waals surface area (Å²) < 4.78 is 19.1. The third-order valence-corrected chi connectivity index (χ3v) is 4.62. The van der Waals surface area contributed by atoms with Gasteiger partial charge in [-0.05, 0) is 60.3 Å². The first-order valence-electron chi connectivity index (χ1n) is 9.47. The maximum atomic E-state index is 13.1. The lowest BCUT2D eigenvalue weighted by Gasteiger charge is -2.15. The molecular formula is C23H27ClFNO2. The number of ether oxygens (including phenoxy) is 1. The third-order valence-electron chi connectivity index (χ3n) is 4.62. The molecule has 0 fully saturated rings. The maximum Gasteiger partial charge on any atom is 0.124 e. The average molecular weight is 404 g/mol. The van der Waals surface area contributed by atoms with Crippen molar-refractivity contribution in [3.8, 4) is 5.75 Å². The van der Waals surface area contributed by atoms with Crippen LogP contribution in [0.25, 0.3) is 10.8 Å². The van der Waals surface area contributed by atoms with Crippen LogP contribution in [0.5, 0.6) is 5.75 Å². The first kappa shape index (κ1) is 22.2. The molecule has 0 spiro atoms. The summed E-state index contributed by atoms with van der Waals surface area (Å²) in [6.45, 7) is 2.28. The molecule has 0 aromatic heterocycles. The van der Waals surface area contributed by atoms with Crippen molar-refractivity contribution < 1.29 is 14.2 Å². The molecule has 0 saturated carbocycles. The van der Waals surface area contributed by atoms with Gasteiger partial charge in [0, 0.05) is 18.7 Å². The molecule has 0 aliphatic heterocycles. The largest absolute Gasteiger partial charge is 0.489 e. The highest BCUT2D eigenvalue weighted by Crippen LogP contribution is 2.28. The number of hydrogen-bond donors (Lipinski definition) is 2. The second-order valence-electron chi connectivity index (χ2n) is 6.64. The van der Waals surface area contributed by atoms with Crippen LogP contribution in [0.4, 0.5) is 4.39 Å².